The highest BCUT2D eigenvalue weighted by Gasteiger charge is 2.13. The summed E-state index contributed by atoms with van der Waals surface area (Å²) >= 11 is 4.80. The van der Waals surface area contributed by atoms with Gasteiger partial charge in [-0.2, -0.15) is 0 Å². The van der Waals surface area contributed by atoms with Crippen LogP contribution in [0.3, 0.4) is 0 Å². The first kappa shape index (κ1) is 13.1. The number of carbonyl (C=O) groups excluding carboxylic acids is 1. The fourth-order valence-corrected chi connectivity index (χ4v) is 2.74. The van der Waals surface area contributed by atoms with Gasteiger partial charge in [0.1, 0.15) is 5.75 Å². The molecule has 2 aromatic rings. The van der Waals surface area contributed by atoms with Crippen LogP contribution < -0.4 is 10.1 Å². The molecule has 1 amide bonds. The van der Waals surface area contributed by atoms with Crippen molar-refractivity contribution in [3.63, 3.8) is 0 Å². The number of rotatable bonds is 3. The van der Waals surface area contributed by atoms with Gasteiger partial charge in [0.2, 0.25) is 0 Å². The molecule has 5 heteroatoms. The average molecular weight is 326 g/mol. The Hall–Kier alpha value is -1.33. The molecule has 0 bridgehead atoms. The number of carbonyl (C=O) groups is 1. The number of ether oxygens (including phenoxy) is 1. The van der Waals surface area contributed by atoms with Crippen molar-refractivity contribution in [2.75, 3.05) is 12.4 Å². The maximum Gasteiger partial charge on any atom is 0.266 e. The van der Waals surface area contributed by atoms with E-state index in [1.54, 1.807) is 13.2 Å². The molecule has 0 atom stereocenters. The zero-order valence-electron chi connectivity index (χ0n) is 9.99. The lowest BCUT2D eigenvalue weighted by molar-refractivity contribution is 0.102. The number of thiophene rings is 1. The van der Waals surface area contributed by atoms with Crippen LogP contribution in [0.15, 0.2) is 34.1 Å². The molecule has 0 spiro atoms. The molecule has 1 N–H and O–H groups in total. The van der Waals surface area contributed by atoms with Crippen LogP contribution >= 0.6 is 27.3 Å². The number of anilines is 1. The Bertz CT molecular complexity index is 580. The SMILES string of the molecule is COc1ccc(Br)cc1NC(=O)c1sccc1C. The molecule has 0 unspecified atom stereocenters. The minimum atomic E-state index is -0.112. The Morgan fingerprint density at radius 3 is 2.78 bits per heavy atom. The van der Waals surface area contributed by atoms with Crippen molar-refractivity contribution in [2.45, 2.75) is 6.92 Å². The molecule has 18 heavy (non-hydrogen) atoms. The molecule has 0 aliphatic carbocycles. The quantitative estimate of drug-likeness (QED) is 0.923. The smallest absolute Gasteiger partial charge is 0.266 e. The van der Waals surface area contributed by atoms with Gasteiger partial charge in [0.15, 0.2) is 0 Å². The Balaban J connectivity index is 2.27. The van der Waals surface area contributed by atoms with Gasteiger partial charge < -0.3 is 10.1 Å². The minimum absolute atomic E-state index is 0.112. The van der Waals surface area contributed by atoms with E-state index in [1.807, 2.05) is 30.5 Å². The number of hydrogen-bond acceptors (Lipinski definition) is 3. The van der Waals surface area contributed by atoms with Crippen LogP contribution in [0, 0.1) is 6.92 Å². The normalized spacial score (nSPS) is 10.2. The molecule has 0 saturated carbocycles. The zero-order chi connectivity index (χ0) is 13.1. The fourth-order valence-electron chi connectivity index (χ4n) is 1.56. The summed E-state index contributed by atoms with van der Waals surface area (Å²) in [7, 11) is 1.58. The summed E-state index contributed by atoms with van der Waals surface area (Å²) in [4.78, 5) is 12.8. The minimum Gasteiger partial charge on any atom is -0.495 e. The summed E-state index contributed by atoms with van der Waals surface area (Å²) in [5, 5.41) is 4.77. The molecule has 3 nitrogen and oxygen atoms in total. The Labute approximate surface area is 118 Å². The van der Waals surface area contributed by atoms with Crippen LogP contribution in [0.25, 0.3) is 0 Å². The van der Waals surface area contributed by atoms with Crippen LogP contribution in [0.4, 0.5) is 5.69 Å². The number of halogens is 1. The lowest BCUT2D eigenvalue weighted by Gasteiger charge is -2.10. The van der Waals surface area contributed by atoms with E-state index in [0.29, 0.717) is 11.4 Å². The summed E-state index contributed by atoms with van der Waals surface area (Å²) in [6, 6.07) is 7.42. The van der Waals surface area contributed by atoms with Crippen molar-refractivity contribution in [3.8, 4) is 5.75 Å². The molecule has 0 fully saturated rings. The Morgan fingerprint density at radius 2 is 2.17 bits per heavy atom. The van der Waals surface area contributed by atoms with Crippen LogP contribution in [-0.4, -0.2) is 13.0 Å². The number of nitrogens with one attached hydrogen (secondary N) is 1. The van der Waals surface area contributed by atoms with E-state index in [1.165, 1.54) is 11.3 Å². The largest absolute Gasteiger partial charge is 0.495 e. The number of aryl methyl sites for hydroxylation is 1. The van der Waals surface area contributed by atoms with E-state index in [2.05, 4.69) is 21.2 Å². The van der Waals surface area contributed by atoms with Gasteiger partial charge in [0, 0.05) is 4.47 Å². The first-order chi connectivity index (χ1) is 8.61. The number of amides is 1. The standard InChI is InChI=1S/C13H12BrNO2S/c1-8-5-6-18-12(8)13(16)15-10-7-9(14)3-4-11(10)17-2/h3-7H,1-2H3,(H,15,16). The van der Waals surface area contributed by atoms with E-state index in [4.69, 9.17) is 4.74 Å². The first-order valence-electron chi connectivity index (χ1n) is 5.31. The number of benzene rings is 1. The predicted octanol–water partition coefficient (Wildman–Crippen LogP) is 4.08. The van der Waals surface area contributed by atoms with Crippen LogP contribution in [-0.2, 0) is 0 Å². The van der Waals surface area contributed by atoms with Crippen molar-refractivity contribution in [3.05, 3.63) is 44.6 Å². The molecule has 0 radical (unpaired) electrons. The second-order valence-electron chi connectivity index (χ2n) is 3.73. The summed E-state index contributed by atoms with van der Waals surface area (Å²) < 4.78 is 6.11. The Kier molecular flexibility index (Phi) is 4.04. The topological polar surface area (TPSA) is 38.3 Å². The monoisotopic (exact) mass is 325 g/mol. The summed E-state index contributed by atoms with van der Waals surface area (Å²) in [5.41, 5.74) is 1.64. The summed E-state index contributed by atoms with van der Waals surface area (Å²) in [6.45, 7) is 1.92. The molecule has 0 aliphatic heterocycles. The van der Waals surface area contributed by atoms with Crippen molar-refractivity contribution in [1.82, 2.24) is 0 Å². The second kappa shape index (κ2) is 5.54. The van der Waals surface area contributed by atoms with E-state index in [-0.39, 0.29) is 5.91 Å². The molecule has 0 saturated heterocycles. The highest BCUT2D eigenvalue weighted by Crippen LogP contribution is 2.29. The first-order valence-corrected chi connectivity index (χ1v) is 6.98. The predicted molar refractivity (Wildman–Crippen MR) is 77.7 cm³/mol. The third-order valence-corrected chi connectivity index (χ3v) is 3.99. The molecule has 0 aliphatic rings. The molecule has 94 valence electrons. The highest BCUT2D eigenvalue weighted by atomic mass is 79.9. The van der Waals surface area contributed by atoms with Gasteiger partial charge in [-0.25, -0.2) is 0 Å². The third-order valence-electron chi connectivity index (χ3n) is 2.48. The van der Waals surface area contributed by atoms with Crippen molar-refractivity contribution in [2.24, 2.45) is 0 Å². The van der Waals surface area contributed by atoms with Gasteiger partial charge >= 0.3 is 0 Å². The summed E-state index contributed by atoms with van der Waals surface area (Å²) in [6.07, 6.45) is 0. The highest BCUT2D eigenvalue weighted by molar-refractivity contribution is 9.10. The lowest BCUT2D eigenvalue weighted by Crippen LogP contribution is -2.12. The van der Waals surface area contributed by atoms with E-state index in [0.717, 1.165) is 14.9 Å². The van der Waals surface area contributed by atoms with E-state index < -0.39 is 0 Å². The second-order valence-corrected chi connectivity index (χ2v) is 5.56. The Morgan fingerprint density at radius 1 is 1.39 bits per heavy atom. The van der Waals surface area contributed by atoms with Crippen LogP contribution in [0.2, 0.25) is 0 Å². The van der Waals surface area contributed by atoms with E-state index in [9.17, 15) is 4.79 Å². The van der Waals surface area contributed by atoms with Crippen LogP contribution in [0.5, 0.6) is 5.75 Å². The lowest BCUT2D eigenvalue weighted by atomic mass is 10.2. The average Bonchev–Trinajstić information content (AvgIpc) is 2.76. The molecule has 1 aromatic carbocycles. The van der Waals surface area contributed by atoms with Gasteiger partial charge in [-0.3, -0.25) is 4.79 Å². The van der Waals surface area contributed by atoms with Gasteiger partial charge in [-0.1, -0.05) is 15.9 Å². The molecule has 1 aromatic heterocycles. The number of hydrogen-bond donors (Lipinski definition) is 1. The molecule has 1 heterocycles. The van der Waals surface area contributed by atoms with Crippen molar-refractivity contribution in [1.29, 1.82) is 0 Å². The third kappa shape index (κ3) is 2.73. The molecule has 2 rings (SSSR count). The van der Waals surface area contributed by atoms with E-state index >= 15 is 0 Å². The van der Waals surface area contributed by atoms with Gasteiger partial charge in [-0.05, 0) is 42.1 Å². The van der Waals surface area contributed by atoms with Gasteiger partial charge in [0.05, 0.1) is 17.7 Å². The van der Waals surface area contributed by atoms with Crippen LogP contribution in [0.1, 0.15) is 15.2 Å². The maximum absolute atomic E-state index is 12.1. The van der Waals surface area contributed by atoms with Crippen molar-refractivity contribution >= 4 is 38.9 Å². The fraction of sp³-hybridized carbons (Fsp3) is 0.154. The number of methoxy groups -OCH3 is 1. The summed E-state index contributed by atoms with van der Waals surface area (Å²) in [5.74, 6) is 0.527. The van der Waals surface area contributed by atoms with Gasteiger partial charge in [-0.15, -0.1) is 11.3 Å². The van der Waals surface area contributed by atoms with Crippen molar-refractivity contribution < 1.29 is 9.53 Å². The zero-order valence-corrected chi connectivity index (χ0v) is 12.4. The molecular formula is C13H12BrNO2S. The van der Waals surface area contributed by atoms with Gasteiger partial charge in [0.25, 0.3) is 5.91 Å². The maximum atomic E-state index is 12.1. The molecular weight excluding hydrogens is 314 g/mol.